The lowest BCUT2D eigenvalue weighted by Gasteiger charge is -2.38. The van der Waals surface area contributed by atoms with E-state index in [1.54, 1.807) is 29.2 Å². The molecule has 182 valence electrons. The highest BCUT2D eigenvalue weighted by Gasteiger charge is 2.39. The van der Waals surface area contributed by atoms with E-state index >= 15 is 0 Å². The number of carbonyl (C=O) groups excluding carboxylic acids is 2. The number of sulfonamides is 1. The van der Waals surface area contributed by atoms with E-state index in [2.05, 4.69) is 4.90 Å². The van der Waals surface area contributed by atoms with Gasteiger partial charge in [0.25, 0.3) is 11.8 Å². The van der Waals surface area contributed by atoms with Gasteiger partial charge in [-0.1, -0.05) is 23.2 Å². The third-order valence-electron chi connectivity index (χ3n) is 6.19. The summed E-state index contributed by atoms with van der Waals surface area (Å²) >= 11 is 11.8. The number of aliphatic hydroxyl groups excluding tert-OH is 1. The number of halogens is 2. The molecule has 0 aliphatic carbocycles. The van der Waals surface area contributed by atoms with E-state index in [0.29, 0.717) is 36.8 Å². The van der Waals surface area contributed by atoms with Crippen LogP contribution in [-0.4, -0.2) is 91.5 Å². The molecule has 9 nitrogen and oxygen atoms in total. The third-order valence-corrected chi connectivity index (χ3v) is 7.84. The molecule has 0 bridgehead atoms. The van der Waals surface area contributed by atoms with E-state index in [1.165, 1.54) is 17.0 Å². The van der Waals surface area contributed by atoms with Crippen LogP contribution >= 0.6 is 23.2 Å². The molecule has 2 aliphatic heterocycles. The SMILES string of the molecule is NS(=O)(=O)c1cc(C(=O)N2CC(O)C(N3CCN(C(=O)c4ccc(Cl)cc4)CC3)C2)ccc1Cl. The number of aliphatic hydroxyl groups is 1. The monoisotopic (exact) mass is 526 g/mol. The van der Waals surface area contributed by atoms with Gasteiger partial charge < -0.3 is 14.9 Å². The van der Waals surface area contributed by atoms with Crippen molar-refractivity contribution in [2.24, 2.45) is 5.14 Å². The second-order valence-electron chi connectivity index (χ2n) is 8.37. The molecular formula is C22H24Cl2N4O5S. The maximum absolute atomic E-state index is 13.0. The maximum Gasteiger partial charge on any atom is 0.254 e. The molecule has 2 aliphatic rings. The number of carbonyl (C=O) groups is 2. The average molecular weight is 527 g/mol. The summed E-state index contributed by atoms with van der Waals surface area (Å²) in [5.74, 6) is -0.492. The number of piperazine rings is 1. The minimum absolute atomic E-state index is 0.0654. The smallest absolute Gasteiger partial charge is 0.254 e. The summed E-state index contributed by atoms with van der Waals surface area (Å²) in [6, 6.07) is 10.4. The Hall–Kier alpha value is -2.21. The third kappa shape index (κ3) is 5.22. The van der Waals surface area contributed by atoms with Gasteiger partial charge >= 0.3 is 0 Å². The normalized spacial score (nSPS) is 21.6. The fourth-order valence-electron chi connectivity index (χ4n) is 4.36. The molecule has 2 heterocycles. The second-order valence-corrected chi connectivity index (χ2v) is 10.7. The number of β-amino-alcohol motifs (C(OH)–C–C–N with tert-alkyl or cyclic N) is 1. The summed E-state index contributed by atoms with van der Waals surface area (Å²) in [5.41, 5.74) is 0.692. The molecule has 0 spiro atoms. The van der Waals surface area contributed by atoms with Crippen molar-refractivity contribution in [3.8, 4) is 0 Å². The molecule has 4 rings (SSSR count). The highest BCUT2D eigenvalue weighted by Crippen LogP contribution is 2.25. The quantitative estimate of drug-likeness (QED) is 0.618. The van der Waals surface area contributed by atoms with Crippen molar-refractivity contribution in [2.45, 2.75) is 17.0 Å². The molecule has 3 N–H and O–H groups in total. The van der Waals surface area contributed by atoms with Gasteiger partial charge in [-0.05, 0) is 42.5 Å². The van der Waals surface area contributed by atoms with Gasteiger partial charge in [0.2, 0.25) is 10.0 Å². The number of nitrogens with two attached hydrogens (primary N) is 1. The van der Waals surface area contributed by atoms with E-state index in [9.17, 15) is 23.1 Å². The predicted octanol–water partition coefficient (Wildman–Crippen LogP) is 1.28. The van der Waals surface area contributed by atoms with Crippen molar-refractivity contribution in [3.63, 3.8) is 0 Å². The molecular weight excluding hydrogens is 503 g/mol. The highest BCUT2D eigenvalue weighted by atomic mass is 35.5. The molecule has 2 aromatic carbocycles. The van der Waals surface area contributed by atoms with Crippen LogP contribution in [0.5, 0.6) is 0 Å². The van der Waals surface area contributed by atoms with Gasteiger partial charge in [0.1, 0.15) is 4.90 Å². The summed E-state index contributed by atoms with van der Waals surface area (Å²) in [5, 5.41) is 16.3. The van der Waals surface area contributed by atoms with E-state index < -0.39 is 22.0 Å². The molecule has 0 aromatic heterocycles. The summed E-state index contributed by atoms with van der Waals surface area (Å²) in [4.78, 5) is 30.7. The van der Waals surface area contributed by atoms with Gasteiger partial charge in [-0.25, -0.2) is 13.6 Å². The Kier molecular flexibility index (Phi) is 7.18. The Morgan fingerprint density at radius 1 is 0.882 bits per heavy atom. The summed E-state index contributed by atoms with van der Waals surface area (Å²) in [6.45, 7) is 2.49. The van der Waals surface area contributed by atoms with Crippen LogP contribution in [0.2, 0.25) is 10.0 Å². The van der Waals surface area contributed by atoms with Crippen molar-refractivity contribution in [2.75, 3.05) is 39.3 Å². The molecule has 2 atom stereocenters. The van der Waals surface area contributed by atoms with Gasteiger partial charge in [-0.2, -0.15) is 0 Å². The van der Waals surface area contributed by atoms with E-state index in [0.717, 1.165) is 6.07 Å². The second kappa shape index (κ2) is 9.80. The van der Waals surface area contributed by atoms with E-state index in [4.69, 9.17) is 28.3 Å². The van der Waals surface area contributed by atoms with Crippen LogP contribution in [0, 0.1) is 0 Å². The van der Waals surface area contributed by atoms with Gasteiger partial charge in [0.05, 0.1) is 17.2 Å². The minimum Gasteiger partial charge on any atom is -0.390 e. The number of nitrogens with zero attached hydrogens (tertiary/aromatic N) is 3. The number of likely N-dealkylation sites (tertiary alicyclic amines) is 1. The van der Waals surface area contributed by atoms with Crippen LogP contribution in [0.15, 0.2) is 47.4 Å². The van der Waals surface area contributed by atoms with Crippen LogP contribution in [0.3, 0.4) is 0 Å². The maximum atomic E-state index is 13.0. The number of hydrogen-bond acceptors (Lipinski definition) is 6. The standard InChI is InChI=1S/C22H24Cl2N4O5S/c23-16-4-1-14(2-5-16)21(30)27-9-7-26(8-10-27)18-12-28(13-19(18)29)22(31)15-3-6-17(24)20(11-15)34(25,32)33/h1-6,11,18-19,29H,7-10,12-13H2,(H2,25,32,33). The van der Waals surface area contributed by atoms with Crippen LogP contribution < -0.4 is 5.14 Å². The molecule has 0 saturated carbocycles. The van der Waals surface area contributed by atoms with E-state index in [1.807, 2.05) is 0 Å². The van der Waals surface area contributed by atoms with Crippen molar-refractivity contribution in [1.82, 2.24) is 14.7 Å². The summed E-state index contributed by atoms with van der Waals surface area (Å²) in [7, 11) is -4.09. The molecule has 0 radical (unpaired) electrons. The topological polar surface area (TPSA) is 124 Å². The first kappa shape index (κ1) is 24.9. The van der Waals surface area contributed by atoms with Crippen molar-refractivity contribution < 1.29 is 23.1 Å². The summed E-state index contributed by atoms with van der Waals surface area (Å²) < 4.78 is 23.5. The van der Waals surface area contributed by atoms with Crippen LogP contribution in [0.4, 0.5) is 0 Å². The van der Waals surface area contributed by atoms with Gasteiger partial charge in [-0.15, -0.1) is 0 Å². The van der Waals surface area contributed by atoms with Gasteiger partial charge in [-0.3, -0.25) is 14.5 Å². The van der Waals surface area contributed by atoms with Crippen LogP contribution in [-0.2, 0) is 10.0 Å². The zero-order chi connectivity index (χ0) is 24.6. The van der Waals surface area contributed by atoms with Crippen molar-refractivity contribution in [3.05, 3.63) is 63.6 Å². The lowest BCUT2D eigenvalue weighted by atomic mass is 10.1. The Bertz CT molecular complexity index is 1200. The number of hydrogen-bond donors (Lipinski definition) is 2. The highest BCUT2D eigenvalue weighted by molar-refractivity contribution is 7.89. The first-order valence-corrected chi connectivity index (χ1v) is 12.9. The number of amides is 2. The Balaban J connectivity index is 1.39. The molecule has 2 amide bonds. The largest absolute Gasteiger partial charge is 0.390 e. The molecule has 2 aromatic rings. The average Bonchev–Trinajstić information content (AvgIpc) is 3.20. The van der Waals surface area contributed by atoms with Crippen molar-refractivity contribution >= 4 is 45.0 Å². The molecule has 2 unspecified atom stereocenters. The zero-order valence-corrected chi connectivity index (χ0v) is 20.4. The molecule has 2 saturated heterocycles. The van der Waals surface area contributed by atoms with Crippen LogP contribution in [0.1, 0.15) is 20.7 Å². The number of rotatable bonds is 4. The number of benzene rings is 2. The number of primary sulfonamides is 1. The Labute approximate surface area is 207 Å². The molecule has 12 heteroatoms. The fourth-order valence-corrected chi connectivity index (χ4v) is 5.56. The van der Waals surface area contributed by atoms with E-state index in [-0.39, 0.29) is 40.5 Å². The fraction of sp³-hybridized carbons (Fsp3) is 0.364. The minimum atomic E-state index is -4.09. The zero-order valence-electron chi connectivity index (χ0n) is 18.1. The first-order chi connectivity index (χ1) is 16.0. The van der Waals surface area contributed by atoms with Gasteiger partial charge in [0.15, 0.2) is 0 Å². The Morgan fingerprint density at radius 3 is 2.09 bits per heavy atom. The first-order valence-electron chi connectivity index (χ1n) is 10.6. The van der Waals surface area contributed by atoms with Crippen molar-refractivity contribution in [1.29, 1.82) is 0 Å². The molecule has 2 fully saturated rings. The van der Waals surface area contributed by atoms with Gasteiger partial charge in [0, 0.05) is 55.4 Å². The lowest BCUT2D eigenvalue weighted by molar-refractivity contribution is 0.0376. The summed E-state index contributed by atoms with van der Waals surface area (Å²) in [6.07, 6.45) is -0.771. The van der Waals surface area contributed by atoms with Crippen LogP contribution in [0.25, 0.3) is 0 Å². The Morgan fingerprint density at radius 2 is 1.47 bits per heavy atom. The molecule has 34 heavy (non-hydrogen) atoms. The lowest BCUT2D eigenvalue weighted by Crippen LogP contribution is -2.54. The predicted molar refractivity (Wildman–Crippen MR) is 127 cm³/mol.